The minimum atomic E-state index is 0.241. The highest BCUT2D eigenvalue weighted by Crippen LogP contribution is 2.20. The first kappa shape index (κ1) is 14.4. The Balaban J connectivity index is 1.76. The average molecular weight is 272 g/mol. The van der Waals surface area contributed by atoms with Gasteiger partial charge in [0, 0.05) is 13.0 Å². The van der Waals surface area contributed by atoms with Crippen molar-refractivity contribution in [2.24, 2.45) is 5.92 Å². The Morgan fingerprint density at radius 1 is 1.40 bits per heavy atom. The molecule has 0 spiro atoms. The van der Waals surface area contributed by atoms with E-state index in [-0.39, 0.29) is 5.91 Å². The molecule has 0 N–H and O–H groups in total. The Labute approximate surface area is 120 Å². The Morgan fingerprint density at radius 2 is 2.15 bits per heavy atom. The number of amides is 1. The molecule has 1 heterocycles. The van der Waals surface area contributed by atoms with Crippen LogP contribution in [-0.4, -0.2) is 30.5 Å². The zero-order valence-electron chi connectivity index (χ0n) is 11.8. The molecule has 4 nitrogen and oxygen atoms in total. The summed E-state index contributed by atoms with van der Waals surface area (Å²) in [7, 11) is 0. The third-order valence-electron chi connectivity index (χ3n) is 3.71. The molecule has 1 atom stereocenters. The number of ether oxygens (including phenoxy) is 1. The number of carbonyl (C=O) groups excluding carboxylic acids is 1. The summed E-state index contributed by atoms with van der Waals surface area (Å²) in [4.78, 5) is 13.6. The van der Waals surface area contributed by atoms with Crippen molar-refractivity contribution in [2.45, 2.75) is 26.2 Å². The summed E-state index contributed by atoms with van der Waals surface area (Å²) in [5, 5.41) is 8.60. The highest BCUT2D eigenvalue weighted by molar-refractivity contribution is 5.78. The fourth-order valence-electron chi connectivity index (χ4n) is 2.41. The van der Waals surface area contributed by atoms with Crippen LogP contribution >= 0.6 is 0 Å². The van der Waals surface area contributed by atoms with Gasteiger partial charge >= 0.3 is 0 Å². The lowest BCUT2D eigenvalue weighted by Gasteiger charge is -2.16. The van der Waals surface area contributed by atoms with Crippen LogP contribution in [0.25, 0.3) is 0 Å². The molecule has 1 fully saturated rings. The Morgan fingerprint density at radius 3 is 2.75 bits per heavy atom. The molecule has 1 amide bonds. The molecular formula is C16H20N2O2. The molecule has 1 saturated heterocycles. The minimum Gasteiger partial charge on any atom is -0.492 e. The molecule has 1 aromatic carbocycles. The van der Waals surface area contributed by atoms with E-state index in [9.17, 15) is 4.79 Å². The topological polar surface area (TPSA) is 53.3 Å². The number of hydrogen-bond acceptors (Lipinski definition) is 3. The molecule has 1 aromatic rings. The van der Waals surface area contributed by atoms with E-state index in [4.69, 9.17) is 10.00 Å². The van der Waals surface area contributed by atoms with Crippen LogP contribution in [0.1, 0.15) is 25.3 Å². The number of rotatable bonds is 6. The molecule has 0 aliphatic carbocycles. The van der Waals surface area contributed by atoms with Crippen LogP contribution in [0.5, 0.6) is 5.75 Å². The third-order valence-corrected chi connectivity index (χ3v) is 3.71. The molecule has 1 aliphatic heterocycles. The monoisotopic (exact) mass is 272 g/mol. The molecule has 0 radical (unpaired) electrons. The van der Waals surface area contributed by atoms with Gasteiger partial charge in [0.2, 0.25) is 5.91 Å². The van der Waals surface area contributed by atoms with Gasteiger partial charge in [-0.3, -0.25) is 4.79 Å². The maximum Gasteiger partial charge on any atom is 0.223 e. The molecule has 0 bridgehead atoms. The van der Waals surface area contributed by atoms with Gasteiger partial charge in [-0.25, -0.2) is 0 Å². The second kappa shape index (κ2) is 6.95. The van der Waals surface area contributed by atoms with Gasteiger partial charge in [-0.05, 0) is 23.6 Å². The van der Waals surface area contributed by atoms with Crippen molar-refractivity contribution in [2.75, 3.05) is 19.7 Å². The Kier molecular flexibility index (Phi) is 5.00. The van der Waals surface area contributed by atoms with Crippen LogP contribution < -0.4 is 4.74 Å². The van der Waals surface area contributed by atoms with Crippen molar-refractivity contribution in [1.82, 2.24) is 4.90 Å². The number of likely N-dealkylation sites (tertiary alicyclic amines) is 1. The third kappa shape index (κ3) is 3.74. The van der Waals surface area contributed by atoms with Crippen LogP contribution in [0, 0.1) is 17.2 Å². The number of nitriles is 1. The normalized spacial score (nSPS) is 18.1. The molecule has 1 aliphatic rings. The van der Waals surface area contributed by atoms with Crippen molar-refractivity contribution in [1.29, 1.82) is 5.26 Å². The number of nitrogens with zero attached hydrogens (tertiary/aromatic N) is 2. The van der Waals surface area contributed by atoms with E-state index < -0.39 is 0 Å². The number of hydrogen-bond donors (Lipinski definition) is 0. The summed E-state index contributed by atoms with van der Waals surface area (Å²) >= 11 is 0. The van der Waals surface area contributed by atoms with Crippen molar-refractivity contribution >= 4 is 5.91 Å². The van der Waals surface area contributed by atoms with E-state index in [1.807, 2.05) is 29.2 Å². The highest BCUT2D eigenvalue weighted by atomic mass is 16.5. The van der Waals surface area contributed by atoms with E-state index in [0.29, 0.717) is 31.9 Å². The van der Waals surface area contributed by atoms with E-state index in [1.165, 1.54) is 0 Å². The Hall–Kier alpha value is -2.02. The maximum absolute atomic E-state index is 11.7. The average Bonchev–Trinajstić information content (AvgIpc) is 2.82. The van der Waals surface area contributed by atoms with Crippen molar-refractivity contribution in [3.05, 3.63) is 29.8 Å². The predicted octanol–water partition coefficient (Wildman–Crippen LogP) is 2.39. The smallest absolute Gasteiger partial charge is 0.223 e. The zero-order chi connectivity index (χ0) is 14.4. The first-order valence-electron chi connectivity index (χ1n) is 7.09. The van der Waals surface area contributed by atoms with Gasteiger partial charge in [0.1, 0.15) is 12.4 Å². The SMILES string of the molecule is CCC1CC(=O)N(CCOc2ccc(CC#N)cc2)C1. The van der Waals surface area contributed by atoms with Gasteiger partial charge in [-0.15, -0.1) is 0 Å². The van der Waals surface area contributed by atoms with Gasteiger partial charge in [-0.2, -0.15) is 5.26 Å². The largest absolute Gasteiger partial charge is 0.492 e. The molecule has 0 aromatic heterocycles. The second-order valence-electron chi connectivity index (χ2n) is 5.15. The lowest BCUT2D eigenvalue weighted by atomic mass is 10.1. The van der Waals surface area contributed by atoms with E-state index in [1.54, 1.807) is 0 Å². The summed E-state index contributed by atoms with van der Waals surface area (Å²) in [6.45, 7) is 4.15. The number of benzene rings is 1. The highest BCUT2D eigenvalue weighted by Gasteiger charge is 2.27. The molecule has 106 valence electrons. The van der Waals surface area contributed by atoms with Gasteiger partial charge in [0.25, 0.3) is 0 Å². The quantitative estimate of drug-likeness (QED) is 0.799. The zero-order valence-corrected chi connectivity index (χ0v) is 11.8. The van der Waals surface area contributed by atoms with Crippen LogP contribution in [0.15, 0.2) is 24.3 Å². The van der Waals surface area contributed by atoms with E-state index >= 15 is 0 Å². The first-order chi connectivity index (χ1) is 9.72. The summed E-state index contributed by atoms with van der Waals surface area (Å²) in [5.74, 6) is 1.53. The van der Waals surface area contributed by atoms with Crippen LogP contribution in [0.3, 0.4) is 0 Å². The lowest BCUT2D eigenvalue weighted by Crippen LogP contribution is -2.29. The fourth-order valence-corrected chi connectivity index (χ4v) is 2.41. The first-order valence-corrected chi connectivity index (χ1v) is 7.09. The number of carbonyl (C=O) groups is 1. The Bertz CT molecular complexity index is 490. The summed E-state index contributed by atoms with van der Waals surface area (Å²) in [5.41, 5.74) is 0.986. The summed E-state index contributed by atoms with van der Waals surface area (Å²) in [6.07, 6.45) is 2.16. The molecule has 4 heteroatoms. The van der Waals surface area contributed by atoms with Gasteiger partial charge in [0.15, 0.2) is 0 Å². The summed E-state index contributed by atoms with van der Waals surface area (Å²) in [6, 6.07) is 9.64. The fraction of sp³-hybridized carbons (Fsp3) is 0.500. The van der Waals surface area contributed by atoms with Gasteiger partial charge in [-0.1, -0.05) is 25.5 Å². The van der Waals surface area contributed by atoms with E-state index in [2.05, 4.69) is 13.0 Å². The second-order valence-corrected chi connectivity index (χ2v) is 5.15. The van der Waals surface area contributed by atoms with Gasteiger partial charge in [0.05, 0.1) is 19.0 Å². The lowest BCUT2D eigenvalue weighted by molar-refractivity contribution is -0.128. The van der Waals surface area contributed by atoms with Crippen molar-refractivity contribution < 1.29 is 9.53 Å². The molecule has 1 unspecified atom stereocenters. The van der Waals surface area contributed by atoms with Crippen LogP contribution in [0.2, 0.25) is 0 Å². The van der Waals surface area contributed by atoms with Crippen molar-refractivity contribution in [3.8, 4) is 11.8 Å². The predicted molar refractivity (Wildman–Crippen MR) is 76.2 cm³/mol. The van der Waals surface area contributed by atoms with Gasteiger partial charge < -0.3 is 9.64 Å². The maximum atomic E-state index is 11.7. The molecule has 2 rings (SSSR count). The van der Waals surface area contributed by atoms with Crippen LogP contribution in [-0.2, 0) is 11.2 Å². The molecule has 20 heavy (non-hydrogen) atoms. The molecular weight excluding hydrogens is 252 g/mol. The van der Waals surface area contributed by atoms with E-state index in [0.717, 1.165) is 24.3 Å². The standard InChI is InChI=1S/C16H20N2O2/c1-2-13-11-16(19)18(12-13)9-10-20-15-5-3-14(4-6-15)7-8-17/h3-6,13H,2,7,9-12H2,1H3. The minimum absolute atomic E-state index is 0.241. The molecule has 0 saturated carbocycles. The van der Waals surface area contributed by atoms with Crippen molar-refractivity contribution in [3.63, 3.8) is 0 Å². The van der Waals surface area contributed by atoms with Crippen LogP contribution in [0.4, 0.5) is 0 Å². The summed E-state index contributed by atoms with van der Waals surface area (Å²) < 4.78 is 5.64.